The molecule has 9 heteroatoms. The summed E-state index contributed by atoms with van der Waals surface area (Å²) in [7, 11) is 0. The van der Waals surface area contributed by atoms with E-state index in [1.807, 2.05) is 11.8 Å². The molecule has 3 amide bonds. The number of nitrogens with one attached hydrogen (secondary N) is 1. The Kier molecular flexibility index (Phi) is 8.98. The zero-order valence-electron chi connectivity index (χ0n) is 24.0. The highest BCUT2D eigenvalue weighted by Gasteiger charge is 2.46. The first-order valence-corrected chi connectivity index (χ1v) is 14.4. The van der Waals surface area contributed by atoms with Gasteiger partial charge in [0.2, 0.25) is 17.7 Å². The summed E-state index contributed by atoms with van der Waals surface area (Å²) in [6, 6.07) is 2.86. The second kappa shape index (κ2) is 11.9. The van der Waals surface area contributed by atoms with Crippen molar-refractivity contribution in [3.8, 4) is 0 Å². The molecule has 0 spiro atoms. The van der Waals surface area contributed by atoms with Gasteiger partial charge in [0.25, 0.3) is 0 Å². The van der Waals surface area contributed by atoms with E-state index in [-0.39, 0.29) is 41.1 Å². The van der Waals surface area contributed by atoms with Crippen molar-refractivity contribution in [3.05, 3.63) is 35.4 Å². The lowest BCUT2D eigenvalue weighted by Gasteiger charge is -2.43. The number of halogens is 2. The lowest BCUT2D eigenvalue weighted by atomic mass is 9.83. The van der Waals surface area contributed by atoms with Crippen LogP contribution in [-0.4, -0.2) is 82.8 Å². The van der Waals surface area contributed by atoms with E-state index in [9.17, 15) is 23.2 Å². The van der Waals surface area contributed by atoms with Gasteiger partial charge in [0.05, 0.1) is 5.92 Å². The van der Waals surface area contributed by atoms with Crippen molar-refractivity contribution in [1.82, 2.24) is 20.0 Å². The molecule has 0 bridgehead atoms. The monoisotopic (exact) mass is 546 g/mol. The summed E-state index contributed by atoms with van der Waals surface area (Å²) in [6.45, 7) is 11.8. The van der Waals surface area contributed by atoms with Crippen LogP contribution < -0.4 is 5.32 Å². The van der Waals surface area contributed by atoms with Crippen LogP contribution in [0.5, 0.6) is 0 Å². The van der Waals surface area contributed by atoms with Crippen molar-refractivity contribution in [2.75, 3.05) is 32.7 Å². The number of rotatable bonds is 5. The molecule has 0 unspecified atom stereocenters. The number of carbonyl (C=O) groups excluding carboxylic acids is 3. The van der Waals surface area contributed by atoms with Crippen LogP contribution in [0.3, 0.4) is 0 Å². The molecule has 4 rings (SSSR count). The van der Waals surface area contributed by atoms with Gasteiger partial charge >= 0.3 is 0 Å². The van der Waals surface area contributed by atoms with E-state index < -0.39 is 23.6 Å². The molecular formula is C30H44F2N4O3. The van der Waals surface area contributed by atoms with E-state index in [2.05, 4.69) is 31.0 Å². The number of benzene rings is 1. The average molecular weight is 547 g/mol. The Bertz CT molecular complexity index is 1070. The van der Waals surface area contributed by atoms with Crippen LogP contribution in [-0.2, 0) is 14.4 Å². The van der Waals surface area contributed by atoms with E-state index in [0.29, 0.717) is 38.3 Å². The molecule has 4 atom stereocenters. The SMILES string of the molecule is CC(=O)N[C@H](C(=O)N1CCN(C(=O)[C@@H]2CN(C(C)(C)C)C[C@H]2c2ccc(F)cc2F)[C@@H](C)C1)C1CCCCC1. The topological polar surface area (TPSA) is 73.0 Å². The maximum Gasteiger partial charge on any atom is 0.245 e. The molecule has 2 aliphatic heterocycles. The summed E-state index contributed by atoms with van der Waals surface area (Å²) >= 11 is 0. The van der Waals surface area contributed by atoms with Crippen LogP contribution >= 0.6 is 0 Å². The van der Waals surface area contributed by atoms with Gasteiger partial charge in [-0.1, -0.05) is 25.3 Å². The summed E-state index contributed by atoms with van der Waals surface area (Å²) in [5.74, 6) is -2.30. The largest absolute Gasteiger partial charge is 0.344 e. The smallest absolute Gasteiger partial charge is 0.245 e. The van der Waals surface area contributed by atoms with E-state index in [0.717, 1.165) is 38.2 Å². The van der Waals surface area contributed by atoms with Crippen molar-refractivity contribution < 1.29 is 23.2 Å². The molecule has 1 saturated carbocycles. The molecule has 0 radical (unpaired) electrons. The Morgan fingerprint density at radius 1 is 1.00 bits per heavy atom. The Hall–Kier alpha value is -2.55. The van der Waals surface area contributed by atoms with Crippen LogP contribution in [0, 0.1) is 23.5 Å². The second-order valence-electron chi connectivity index (χ2n) is 12.7. The van der Waals surface area contributed by atoms with Crippen LogP contribution in [0.1, 0.15) is 78.2 Å². The zero-order valence-corrected chi connectivity index (χ0v) is 24.0. The van der Waals surface area contributed by atoms with Crippen LogP contribution in [0.15, 0.2) is 18.2 Å². The first kappa shape index (κ1) is 29.4. The van der Waals surface area contributed by atoms with E-state index in [4.69, 9.17) is 0 Å². The maximum absolute atomic E-state index is 14.9. The molecule has 3 fully saturated rings. The minimum Gasteiger partial charge on any atom is -0.344 e. The molecule has 0 aromatic heterocycles. The summed E-state index contributed by atoms with van der Waals surface area (Å²) in [4.78, 5) is 45.3. The van der Waals surface area contributed by atoms with Crippen LogP contribution in [0.4, 0.5) is 8.78 Å². The van der Waals surface area contributed by atoms with Crippen LogP contribution in [0.2, 0.25) is 0 Å². The number of piperazine rings is 1. The minimum atomic E-state index is -0.634. The number of nitrogens with zero attached hydrogens (tertiary/aromatic N) is 3. The summed E-state index contributed by atoms with van der Waals surface area (Å²) in [5.41, 5.74) is 0.159. The number of carbonyl (C=O) groups is 3. The van der Waals surface area contributed by atoms with E-state index in [1.54, 1.807) is 4.90 Å². The normalized spacial score (nSPS) is 26.0. The predicted molar refractivity (Wildman–Crippen MR) is 146 cm³/mol. The summed E-state index contributed by atoms with van der Waals surface area (Å²) in [6.07, 6.45) is 5.15. The Labute approximate surface area is 231 Å². The standard InChI is InChI=1S/C30H44F2N4O3/c1-19-16-34(29(39)27(33-20(2)37)21-9-7-6-8-10-21)13-14-36(19)28(38)25-18-35(30(3,4)5)17-24(25)23-12-11-22(31)15-26(23)32/h11-12,15,19,21,24-25,27H,6-10,13-14,16-18H2,1-5H3,(H,33,37)/t19-,24-,25+,27-/m0/s1. The molecular weight excluding hydrogens is 502 g/mol. The molecule has 1 aromatic carbocycles. The van der Waals surface area contributed by atoms with Gasteiger partial charge in [0.15, 0.2) is 0 Å². The molecule has 3 aliphatic rings. The van der Waals surface area contributed by atoms with Gasteiger partial charge in [0.1, 0.15) is 17.7 Å². The van der Waals surface area contributed by atoms with E-state index in [1.165, 1.54) is 19.1 Å². The van der Waals surface area contributed by atoms with Gasteiger partial charge in [0, 0.05) is 63.2 Å². The first-order valence-electron chi connectivity index (χ1n) is 14.4. The highest BCUT2D eigenvalue weighted by Crippen LogP contribution is 2.39. The third kappa shape index (κ3) is 6.61. The summed E-state index contributed by atoms with van der Waals surface area (Å²) in [5, 5.41) is 2.91. The van der Waals surface area contributed by atoms with Crippen molar-refractivity contribution >= 4 is 17.7 Å². The molecule has 1 aromatic rings. The molecule has 216 valence electrons. The van der Waals surface area contributed by atoms with Gasteiger partial charge in [-0.2, -0.15) is 0 Å². The quantitative estimate of drug-likeness (QED) is 0.608. The van der Waals surface area contributed by atoms with Gasteiger partial charge in [-0.05, 0) is 58.1 Å². The number of likely N-dealkylation sites (tertiary alicyclic amines) is 1. The fourth-order valence-electron chi connectivity index (χ4n) is 6.68. The average Bonchev–Trinajstić information content (AvgIpc) is 3.33. The summed E-state index contributed by atoms with van der Waals surface area (Å²) < 4.78 is 28.5. The fourth-order valence-corrected chi connectivity index (χ4v) is 6.68. The number of amides is 3. The van der Waals surface area contributed by atoms with Gasteiger partial charge in [-0.3, -0.25) is 19.3 Å². The highest BCUT2D eigenvalue weighted by molar-refractivity contribution is 5.88. The fraction of sp³-hybridized carbons (Fsp3) is 0.700. The number of hydrogen-bond donors (Lipinski definition) is 1. The molecule has 2 saturated heterocycles. The molecule has 1 N–H and O–H groups in total. The molecule has 1 aliphatic carbocycles. The third-order valence-corrected chi connectivity index (χ3v) is 8.92. The predicted octanol–water partition coefficient (Wildman–Crippen LogP) is 3.92. The second-order valence-corrected chi connectivity index (χ2v) is 12.7. The third-order valence-electron chi connectivity index (χ3n) is 8.92. The van der Waals surface area contributed by atoms with Crippen molar-refractivity contribution in [2.45, 2.75) is 90.3 Å². The molecule has 7 nitrogen and oxygen atoms in total. The Morgan fingerprint density at radius 3 is 2.28 bits per heavy atom. The minimum absolute atomic E-state index is 0.0548. The Morgan fingerprint density at radius 2 is 1.69 bits per heavy atom. The number of hydrogen-bond acceptors (Lipinski definition) is 4. The van der Waals surface area contributed by atoms with Gasteiger partial charge in [-0.25, -0.2) is 8.78 Å². The van der Waals surface area contributed by atoms with Crippen LogP contribution in [0.25, 0.3) is 0 Å². The van der Waals surface area contributed by atoms with Gasteiger partial charge in [-0.15, -0.1) is 0 Å². The maximum atomic E-state index is 14.9. The first-order chi connectivity index (χ1) is 18.4. The zero-order chi connectivity index (χ0) is 28.5. The lowest BCUT2D eigenvalue weighted by molar-refractivity contribution is -0.147. The van der Waals surface area contributed by atoms with Crippen molar-refractivity contribution in [1.29, 1.82) is 0 Å². The van der Waals surface area contributed by atoms with E-state index >= 15 is 0 Å². The molecule has 39 heavy (non-hydrogen) atoms. The molecule has 2 heterocycles. The highest BCUT2D eigenvalue weighted by atomic mass is 19.1. The van der Waals surface area contributed by atoms with Gasteiger partial charge < -0.3 is 15.1 Å². The Balaban J connectivity index is 1.49. The van der Waals surface area contributed by atoms with Crippen molar-refractivity contribution in [3.63, 3.8) is 0 Å². The lowest BCUT2D eigenvalue weighted by Crippen LogP contribution is -2.61. The van der Waals surface area contributed by atoms with Crippen molar-refractivity contribution in [2.24, 2.45) is 11.8 Å².